The molecule has 0 aliphatic carbocycles. The lowest BCUT2D eigenvalue weighted by atomic mass is 9.64. The number of piperidine rings is 1. The van der Waals surface area contributed by atoms with E-state index in [1.165, 1.54) is 16.7 Å². The third-order valence-corrected chi connectivity index (χ3v) is 5.79. The van der Waals surface area contributed by atoms with E-state index in [1.807, 2.05) is 12.1 Å². The Kier molecular flexibility index (Phi) is 5.01. The zero-order chi connectivity index (χ0) is 16.5. The molecule has 1 aliphatic heterocycles. The van der Waals surface area contributed by atoms with Gasteiger partial charge in [0.15, 0.2) is 0 Å². The van der Waals surface area contributed by atoms with Crippen LogP contribution in [-0.2, 0) is 5.41 Å². The van der Waals surface area contributed by atoms with Crippen LogP contribution in [-0.4, -0.2) is 29.1 Å². The van der Waals surface area contributed by atoms with Crippen molar-refractivity contribution in [2.75, 3.05) is 13.1 Å². The highest BCUT2D eigenvalue weighted by molar-refractivity contribution is 5.40. The van der Waals surface area contributed by atoms with Crippen LogP contribution in [0.15, 0.2) is 29.8 Å². The number of phenolic OH excluding ortho intramolecular Hbond substituents is 1. The van der Waals surface area contributed by atoms with Crippen molar-refractivity contribution in [3.63, 3.8) is 0 Å². The van der Waals surface area contributed by atoms with Gasteiger partial charge in [-0.05, 0) is 75.3 Å². The van der Waals surface area contributed by atoms with Crippen LogP contribution in [0.3, 0.4) is 0 Å². The number of nitrogens with zero attached hydrogens (tertiary/aromatic N) is 1. The lowest BCUT2D eigenvalue weighted by Gasteiger charge is -2.50. The van der Waals surface area contributed by atoms with Crippen LogP contribution in [0, 0.1) is 12.8 Å². The smallest absolute Gasteiger partial charge is 0.115 e. The van der Waals surface area contributed by atoms with Crippen molar-refractivity contribution in [2.45, 2.75) is 59.4 Å². The molecule has 0 bridgehead atoms. The van der Waals surface area contributed by atoms with Crippen molar-refractivity contribution < 1.29 is 5.11 Å². The van der Waals surface area contributed by atoms with Crippen molar-refractivity contribution in [2.24, 2.45) is 5.92 Å². The summed E-state index contributed by atoms with van der Waals surface area (Å²) in [5, 5.41) is 9.91. The van der Waals surface area contributed by atoms with E-state index in [0.29, 0.717) is 17.7 Å². The summed E-state index contributed by atoms with van der Waals surface area (Å²) in [4.78, 5) is 2.58. The van der Waals surface area contributed by atoms with Gasteiger partial charge in [-0.3, -0.25) is 4.90 Å². The number of rotatable bonds is 3. The average Bonchev–Trinajstić information content (AvgIpc) is 2.46. The third kappa shape index (κ3) is 3.22. The Labute approximate surface area is 135 Å². The molecule has 0 radical (unpaired) electrons. The Balaban J connectivity index is 2.27. The molecular weight excluding hydrogens is 270 g/mol. The Hall–Kier alpha value is -1.28. The Morgan fingerprint density at radius 3 is 2.68 bits per heavy atom. The molecule has 0 saturated carbocycles. The molecule has 1 fully saturated rings. The molecule has 1 heterocycles. The fraction of sp³-hybridized carbons (Fsp3) is 0.600. The third-order valence-electron chi connectivity index (χ3n) is 5.79. The minimum atomic E-state index is 0.129. The minimum Gasteiger partial charge on any atom is -0.508 e. The normalized spacial score (nSPS) is 29.4. The molecule has 1 aromatic carbocycles. The van der Waals surface area contributed by atoms with E-state index in [4.69, 9.17) is 0 Å². The van der Waals surface area contributed by atoms with E-state index in [-0.39, 0.29) is 5.41 Å². The SMILES string of the molecule is CC(C)=CCN1CC[C@@](C)(c2cc(O)ccc2C)[C@@H](C)[C@H]1C. The van der Waals surface area contributed by atoms with Crippen molar-refractivity contribution in [1.82, 2.24) is 4.90 Å². The number of aryl methyl sites for hydroxylation is 1. The molecule has 2 nitrogen and oxygen atoms in total. The van der Waals surface area contributed by atoms with E-state index in [0.717, 1.165) is 19.5 Å². The van der Waals surface area contributed by atoms with Gasteiger partial charge in [0.05, 0.1) is 0 Å². The maximum atomic E-state index is 9.91. The lowest BCUT2D eigenvalue weighted by molar-refractivity contribution is 0.0619. The van der Waals surface area contributed by atoms with E-state index in [2.05, 4.69) is 52.5 Å². The first-order valence-electron chi connectivity index (χ1n) is 8.43. The van der Waals surface area contributed by atoms with Crippen LogP contribution >= 0.6 is 0 Å². The van der Waals surface area contributed by atoms with Crippen LogP contribution in [0.25, 0.3) is 0 Å². The molecule has 0 spiro atoms. The molecule has 0 amide bonds. The number of likely N-dealkylation sites (tertiary alicyclic amines) is 1. The average molecular weight is 301 g/mol. The summed E-state index contributed by atoms with van der Waals surface area (Å²) in [6, 6.07) is 6.35. The topological polar surface area (TPSA) is 23.5 Å². The highest BCUT2D eigenvalue weighted by Crippen LogP contribution is 2.44. The summed E-state index contributed by atoms with van der Waals surface area (Å²) in [6.07, 6.45) is 3.46. The van der Waals surface area contributed by atoms with Crippen molar-refractivity contribution in [1.29, 1.82) is 0 Å². The van der Waals surface area contributed by atoms with Crippen molar-refractivity contribution in [3.8, 4) is 5.75 Å². The van der Waals surface area contributed by atoms with Gasteiger partial charge in [0, 0.05) is 12.6 Å². The van der Waals surface area contributed by atoms with E-state index in [9.17, 15) is 5.11 Å². The fourth-order valence-corrected chi connectivity index (χ4v) is 3.82. The lowest BCUT2D eigenvalue weighted by Crippen LogP contribution is -2.53. The Morgan fingerprint density at radius 2 is 2.05 bits per heavy atom. The number of phenols is 1. The maximum absolute atomic E-state index is 9.91. The highest BCUT2D eigenvalue weighted by Gasteiger charge is 2.42. The Bertz CT molecular complexity index is 559. The molecule has 22 heavy (non-hydrogen) atoms. The van der Waals surface area contributed by atoms with Crippen LogP contribution in [0.2, 0.25) is 0 Å². The highest BCUT2D eigenvalue weighted by atomic mass is 16.3. The van der Waals surface area contributed by atoms with Crippen LogP contribution in [0.4, 0.5) is 0 Å². The van der Waals surface area contributed by atoms with Gasteiger partial charge in [0.2, 0.25) is 0 Å². The second-order valence-corrected chi connectivity index (χ2v) is 7.47. The van der Waals surface area contributed by atoms with Gasteiger partial charge in [-0.1, -0.05) is 31.6 Å². The monoisotopic (exact) mass is 301 g/mol. The molecule has 1 aromatic rings. The molecule has 1 aliphatic rings. The summed E-state index contributed by atoms with van der Waals surface area (Å²) in [5.41, 5.74) is 4.12. The van der Waals surface area contributed by atoms with Crippen LogP contribution in [0.5, 0.6) is 5.75 Å². The van der Waals surface area contributed by atoms with Gasteiger partial charge in [-0.25, -0.2) is 0 Å². The molecule has 122 valence electrons. The quantitative estimate of drug-likeness (QED) is 0.821. The number of hydrogen-bond acceptors (Lipinski definition) is 2. The summed E-state index contributed by atoms with van der Waals surface area (Å²) in [6.45, 7) is 15.7. The molecule has 0 aromatic heterocycles. The fourth-order valence-electron chi connectivity index (χ4n) is 3.82. The standard InChI is InChI=1S/C20H31NO/c1-14(2)9-11-21-12-10-20(6,16(4)17(21)5)19-13-18(22)8-7-15(19)3/h7-9,13,16-17,22H,10-12H2,1-6H3/t16-,17+,20+/m0/s1. The van der Waals surface area contributed by atoms with Gasteiger partial charge >= 0.3 is 0 Å². The summed E-state index contributed by atoms with van der Waals surface area (Å²) >= 11 is 0. The largest absolute Gasteiger partial charge is 0.508 e. The number of aromatic hydroxyl groups is 1. The van der Waals surface area contributed by atoms with Gasteiger partial charge in [-0.2, -0.15) is 0 Å². The van der Waals surface area contributed by atoms with E-state index in [1.54, 1.807) is 6.07 Å². The molecular formula is C20H31NO. The zero-order valence-electron chi connectivity index (χ0n) is 15.0. The number of benzene rings is 1. The van der Waals surface area contributed by atoms with E-state index >= 15 is 0 Å². The summed E-state index contributed by atoms with van der Waals surface area (Å²) < 4.78 is 0. The van der Waals surface area contributed by atoms with E-state index < -0.39 is 0 Å². The molecule has 0 unspecified atom stereocenters. The Morgan fingerprint density at radius 1 is 1.36 bits per heavy atom. The van der Waals surface area contributed by atoms with Gasteiger partial charge in [-0.15, -0.1) is 0 Å². The molecule has 1 N–H and O–H groups in total. The predicted octanol–water partition coefficient (Wildman–Crippen LogP) is 4.65. The number of allylic oxidation sites excluding steroid dienone is 1. The summed E-state index contributed by atoms with van der Waals surface area (Å²) in [7, 11) is 0. The maximum Gasteiger partial charge on any atom is 0.115 e. The van der Waals surface area contributed by atoms with Crippen LogP contribution < -0.4 is 0 Å². The minimum absolute atomic E-state index is 0.129. The first kappa shape index (κ1) is 17.1. The predicted molar refractivity (Wildman–Crippen MR) is 94.4 cm³/mol. The zero-order valence-corrected chi connectivity index (χ0v) is 15.0. The second kappa shape index (κ2) is 6.45. The molecule has 2 rings (SSSR count). The van der Waals surface area contributed by atoms with Gasteiger partial charge in [0.25, 0.3) is 0 Å². The second-order valence-electron chi connectivity index (χ2n) is 7.47. The molecule has 1 saturated heterocycles. The summed E-state index contributed by atoms with van der Waals surface area (Å²) in [5.74, 6) is 0.931. The van der Waals surface area contributed by atoms with Crippen LogP contribution in [0.1, 0.15) is 52.2 Å². The molecule has 3 atom stereocenters. The van der Waals surface area contributed by atoms with Crippen molar-refractivity contribution in [3.05, 3.63) is 41.0 Å². The number of hydrogen-bond donors (Lipinski definition) is 1. The first-order valence-corrected chi connectivity index (χ1v) is 8.43. The first-order chi connectivity index (χ1) is 10.3. The van der Waals surface area contributed by atoms with Gasteiger partial charge < -0.3 is 5.11 Å². The molecule has 2 heteroatoms. The van der Waals surface area contributed by atoms with Crippen molar-refractivity contribution >= 4 is 0 Å². The van der Waals surface area contributed by atoms with Gasteiger partial charge in [0.1, 0.15) is 5.75 Å².